The molecule has 0 spiro atoms. The molecule has 0 aromatic heterocycles. The first-order valence-electron chi connectivity index (χ1n) is 6.34. The van der Waals surface area contributed by atoms with Crippen molar-refractivity contribution in [1.82, 2.24) is 10.2 Å². The third-order valence-corrected chi connectivity index (χ3v) is 3.57. The zero-order valence-electron chi connectivity index (χ0n) is 11.1. The van der Waals surface area contributed by atoms with Crippen LogP contribution in [0.2, 0.25) is 5.02 Å². The van der Waals surface area contributed by atoms with E-state index < -0.39 is 0 Å². The smallest absolute Gasteiger partial charge is 0.238 e. The minimum absolute atomic E-state index is 0.0639. The predicted molar refractivity (Wildman–Crippen MR) is 78.5 cm³/mol. The Labute approximate surface area is 122 Å². The van der Waals surface area contributed by atoms with Crippen LogP contribution in [0.25, 0.3) is 0 Å². The van der Waals surface area contributed by atoms with E-state index in [2.05, 4.69) is 10.6 Å². The number of carbonyl (C=O) groups excluding carboxylic acids is 2. The zero-order chi connectivity index (χ0) is 14.7. The van der Waals surface area contributed by atoms with Gasteiger partial charge in [-0.05, 0) is 25.1 Å². The lowest BCUT2D eigenvalue weighted by Gasteiger charge is -2.32. The van der Waals surface area contributed by atoms with Crippen LogP contribution in [0.4, 0.5) is 11.4 Å². The summed E-state index contributed by atoms with van der Waals surface area (Å²) in [5.74, 6) is -0.287. The Hall–Kier alpha value is -1.79. The van der Waals surface area contributed by atoms with E-state index in [0.29, 0.717) is 29.5 Å². The molecule has 4 N–H and O–H groups in total. The number of amides is 2. The summed E-state index contributed by atoms with van der Waals surface area (Å²) in [4.78, 5) is 25.3. The molecule has 6 nitrogen and oxygen atoms in total. The van der Waals surface area contributed by atoms with Crippen molar-refractivity contribution in [2.24, 2.45) is 0 Å². The first-order valence-corrected chi connectivity index (χ1v) is 6.72. The van der Waals surface area contributed by atoms with Crippen LogP contribution in [0.1, 0.15) is 6.92 Å². The molecule has 1 aromatic rings. The SMILES string of the molecule is CC1C(=O)NCCN1CC(=O)Nc1cc(N)ccc1Cl. The summed E-state index contributed by atoms with van der Waals surface area (Å²) in [6.45, 7) is 3.11. The topological polar surface area (TPSA) is 87.5 Å². The second kappa shape index (κ2) is 6.11. The number of nitrogens with one attached hydrogen (secondary N) is 2. The van der Waals surface area contributed by atoms with Gasteiger partial charge in [-0.2, -0.15) is 0 Å². The van der Waals surface area contributed by atoms with Crippen molar-refractivity contribution in [2.75, 3.05) is 30.7 Å². The first-order chi connectivity index (χ1) is 9.47. The highest BCUT2D eigenvalue weighted by molar-refractivity contribution is 6.33. The van der Waals surface area contributed by atoms with Crippen LogP contribution in [-0.2, 0) is 9.59 Å². The van der Waals surface area contributed by atoms with Gasteiger partial charge < -0.3 is 16.4 Å². The van der Waals surface area contributed by atoms with E-state index in [4.69, 9.17) is 17.3 Å². The van der Waals surface area contributed by atoms with E-state index >= 15 is 0 Å². The largest absolute Gasteiger partial charge is 0.399 e. The molecule has 1 fully saturated rings. The van der Waals surface area contributed by atoms with Crippen LogP contribution in [-0.4, -0.2) is 42.4 Å². The Kier molecular flexibility index (Phi) is 4.46. The van der Waals surface area contributed by atoms with E-state index in [-0.39, 0.29) is 24.4 Å². The molecule has 2 amide bonds. The van der Waals surface area contributed by atoms with Crippen molar-refractivity contribution in [3.05, 3.63) is 23.2 Å². The second-order valence-electron chi connectivity index (χ2n) is 4.72. The molecule has 1 atom stereocenters. The maximum atomic E-state index is 12.0. The van der Waals surface area contributed by atoms with Gasteiger partial charge in [-0.1, -0.05) is 11.6 Å². The average Bonchev–Trinajstić information content (AvgIpc) is 2.39. The summed E-state index contributed by atoms with van der Waals surface area (Å²) in [6.07, 6.45) is 0. The fourth-order valence-corrected chi connectivity index (χ4v) is 2.22. The van der Waals surface area contributed by atoms with Crippen LogP contribution >= 0.6 is 11.6 Å². The maximum Gasteiger partial charge on any atom is 0.238 e. The normalized spacial score (nSPS) is 19.5. The highest BCUT2D eigenvalue weighted by Gasteiger charge is 2.26. The average molecular weight is 297 g/mol. The van der Waals surface area contributed by atoms with Gasteiger partial charge in [-0.3, -0.25) is 14.5 Å². The van der Waals surface area contributed by atoms with Gasteiger partial charge in [0.2, 0.25) is 11.8 Å². The van der Waals surface area contributed by atoms with E-state index in [1.54, 1.807) is 25.1 Å². The Bertz CT molecular complexity index is 535. The van der Waals surface area contributed by atoms with Crippen molar-refractivity contribution in [3.8, 4) is 0 Å². The third kappa shape index (κ3) is 3.40. The van der Waals surface area contributed by atoms with E-state index in [0.717, 1.165) is 0 Å². The van der Waals surface area contributed by atoms with Crippen LogP contribution < -0.4 is 16.4 Å². The van der Waals surface area contributed by atoms with Gasteiger partial charge in [0, 0.05) is 18.8 Å². The molecule has 0 saturated carbocycles. The second-order valence-corrected chi connectivity index (χ2v) is 5.13. The molecule has 20 heavy (non-hydrogen) atoms. The van der Waals surface area contributed by atoms with Gasteiger partial charge >= 0.3 is 0 Å². The van der Waals surface area contributed by atoms with Gasteiger partial charge in [0.15, 0.2) is 0 Å². The van der Waals surface area contributed by atoms with Gasteiger partial charge in [0.25, 0.3) is 0 Å². The molecule has 108 valence electrons. The lowest BCUT2D eigenvalue weighted by Crippen LogP contribution is -2.55. The fourth-order valence-electron chi connectivity index (χ4n) is 2.06. The standard InChI is InChI=1S/C13H17ClN4O2/c1-8-13(20)16-4-5-18(8)7-12(19)17-11-6-9(15)2-3-10(11)14/h2-3,6,8H,4-5,7,15H2,1H3,(H,16,20)(H,17,19). The molecule has 0 radical (unpaired) electrons. The van der Waals surface area contributed by atoms with Crippen LogP contribution in [0.3, 0.4) is 0 Å². The monoisotopic (exact) mass is 296 g/mol. The molecular formula is C13H17ClN4O2. The molecule has 1 aliphatic heterocycles. The Morgan fingerprint density at radius 2 is 2.35 bits per heavy atom. The van der Waals surface area contributed by atoms with E-state index in [1.807, 2.05) is 4.90 Å². The number of nitrogens with two attached hydrogens (primary N) is 1. The molecule has 0 aliphatic carbocycles. The summed E-state index contributed by atoms with van der Waals surface area (Å²) in [5.41, 5.74) is 6.66. The maximum absolute atomic E-state index is 12.0. The van der Waals surface area contributed by atoms with E-state index in [1.165, 1.54) is 0 Å². The van der Waals surface area contributed by atoms with E-state index in [9.17, 15) is 9.59 Å². The van der Waals surface area contributed by atoms with Crippen molar-refractivity contribution in [3.63, 3.8) is 0 Å². The molecule has 1 heterocycles. The van der Waals surface area contributed by atoms with Crippen molar-refractivity contribution < 1.29 is 9.59 Å². The molecule has 2 rings (SSSR count). The number of anilines is 2. The van der Waals surface area contributed by atoms with Crippen LogP contribution in [0.5, 0.6) is 0 Å². The van der Waals surface area contributed by atoms with Crippen LogP contribution in [0, 0.1) is 0 Å². The number of piperazine rings is 1. The summed E-state index contributed by atoms with van der Waals surface area (Å²) in [7, 11) is 0. The number of hydrogen-bond acceptors (Lipinski definition) is 4. The number of nitrogens with zero attached hydrogens (tertiary/aromatic N) is 1. The lowest BCUT2D eigenvalue weighted by molar-refractivity contribution is -0.129. The molecule has 0 bridgehead atoms. The number of hydrogen-bond donors (Lipinski definition) is 3. The summed E-state index contributed by atoms with van der Waals surface area (Å²) >= 11 is 5.99. The Morgan fingerprint density at radius 3 is 3.10 bits per heavy atom. The zero-order valence-corrected chi connectivity index (χ0v) is 11.9. The molecule has 1 unspecified atom stereocenters. The van der Waals surface area contributed by atoms with Gasteiger partial charge in [0.1, 0.15) is 0 Å². The minimum atomic E-state index is -0.314. The van der Waals surface area contributed by atoms with Gasteiger partial charge in [-0.15, -0.1) is 0 Å². The quantitative estimate of drug-likeness (QED) is 0.716. The molecule has 1 aromatic carbocycles. The highest BCUT2D eigenvalue weighted by atomic mass is 35.5. The Balaban J connectivity index is 1.98. The van der Waals surface area contributed by atoms with Gasteiger partial charge in [0.05, 0.1) is 23.3 Å². The summed E-state index contributed by atoms with van der Waals surface area (Å²) < 4.78 is 0. The number of rotatable bonds is 3. The number of halogens is 1. The molecular weight excluding hydrogens is 280 g/mol. The fraction of sp³-hybridized carbons (Fsp3) is 0.385. The number of benzene rings is 1. The molecule has 7 heteroatoms. The number of carbonyl (C=O) groups is 2. The van der Waals surface area contributed by atoms with Crippen molar-refractivity contribution >= 4 is 34.8 Å². The van der Waals surface area contributed by atoms with Crippen molar-refractivity contribution in [2.45, 2.75) is 13.0 Å². The lowest BCUT2D eigenvalue weighted by atomic mass is 10.2. The highest BCUT2D eigenvalue weighted by Crippen LogP contribution is 2.24. The summed E-state index contributed by atoms with van der Waals surface area (Å²) in [5, 5.41) is 5.89. The molecule has 1 aliphatic rings. The Morgan fingerprint density at radius 1 is 1.60 bits per heavy atom. The summed E-state index contributed by atoms with van der Waals surface area (Å²) in [6, 6.07) is 4.58. The van der Waals surface area contributed by atoms with Crippen molar-refractivity contribution in [1.29, 1.82) is 0 Å². The van der Waals surface area contributed by atoms with Crippen LogP contribution in [0.15, 0.2) is 18.2 Å². The third-order valence-electron chi connectivity index (χ3n) is 3.24. The number of nitrogen functional groups attached to an aromatic ring is 1. The predicted octanol–water partition coefficient (Wildman–Crippen LogP) is 0.681. The van der Waals surface area contributed by atoms with Gasteiger partial charge in [-0.25, -0.2) is 0 Å². The minimum Gasteiger partial charge on any atom is -0.399 e. The first kappa shape index (κ1) is 14.6. The molecule has 1 saturated heterocycles.